The van der Waals surface area contributed by atoms with Crippen molar-refractivity contribution in [1.29, 1.82) is 0 Å². The Labute approximate surface area is 182 Å². The largest absolute Gasteiger partial charge is 0.416 e. The molecule has 2 aromatic carbocycles. The standard InChI is InChI=1S/C26H31F3N2/c27-26(28,29)21-5-3-4-20(16-21)18-6-8-19(9-7-18)24-17-25(24)30-22-10-12-23(13-11-22)31-14-1-2-15-31/h3-9,16,22-25,30H,1-2,10-15,17H2. The van der Waals surface area contributed by atoms with Gasteiger partial charge in [0.05, 0.1) is 5.56 Å². The summed E-state index contributed by atoms with van der Waals surface area (Å²) in [7, 11) is 0. The van der Waals surface area contributed by atoms with Crippen molar-refractivity contribution in [3.63, 3.8) is 0 Å². The van der Waals surface area contributed by atoms with Crippen LogP contribution in [0.15, 0.2) is 48.5 Å². The molecular weight excluding hydrogens is 397 g/mol. The number of hydrogen-bond acceptors (Lipinski definition) is 2. The SMILES string of the molecule is FC(F)(F)c1cccc(-c2ccc(C3CC3NC3CCC(N4CCCC4)CC3)cc2)c1. The molecule has 3 aliphatic rings. The van der Waals surface area contributed by atoms with E-state index in [1.807, 2.05) is 12.1 Å². The number of rotatable bonds is 5. The summed E-state index contributed by atoms with van der Waals surface area (Å²) in [5.74, 6) is 0.534. The summed E-state index contributed by atoms with van der Waals surface area (Å²) in [6.45, 7) is 2.59. The molecule has 1 saturated heterocycles. The molecule has 2 unspecified atom stereocenters. The van der Waals surface area contributed by atoms with E-state index in [1.54, 1.807) is 6.07 Å². The topological polar surface area (TPSA) is 15.3 Å². The molecule has 0 bridgehead atoms. The van der Waals surface area contributed by atoms with Crippen molar-refractivity contribution in [3.8, 4) is 11.1 Å². The second-order valence-corrected chi connectivity index (χ2v) is 9.56. The van der Waals surface area contributed by atoms with Gasteiger partial charge in [0.1, 0.15) is 0 Å². The Kier molecular flexibility index (Phi) is 5.82. The monoisotopic (exact) mass is 428 g/mol. The van der Waals surface area contributed by atoms with Crippen LogP contribution < -0.4 is 5.32 Å². The lowest BCUT2D eigenvalue weighted by atomic mass is 9.90. The van der Waals surface area contributed by atoms with E-state index in [4.69, 9.17) is 0 Å². The van der Waals surface area contributed by atoms with Gasteiger partial charge >= 0.3 is 6.18 Å². The number of alkyl halides is 3. The first-order valence-electron chi connectivity index (χ1n) is 11.7. The zero-order chi connectivity index (χ0) is 21.4. The van der Waals surface area contributed by atoms with Gasteiger partial charge in [-0.1, -0.05) is 36.4 Å². The van der Waals surface area contributed by atoms with Crippen LogP contribution in [0.4, 0.5) is 13.2 Å². The van der Waals surface area contributed by atoms with Crippen molar-refractivity contribution in [2.75, 3.05) is 13.1 Å². The van der Waals surface area contributed by atoms with Gasteiger partial charge in [0.2, 0.25) is 0 Å². The van der Waals surface area contributed by atoms with Crippen LogP contribution in [0.2, 0.25) is 0 Å². The quantitative estimate of drug-likeness (QED) is 0.608. The lowest BCUT2D eigenvalue weighted by Gasteiger charge is -2.35. The highest BCUT2D eigenvalue weighted by Crippen LogP contribution is 2.42. The second kappa shape index (κ2) is 8.59. The number of benzene rings is 2. The number of nitrogens with one attached hydrogen (secondary N) is 1. The van der Waals surface area contributed by atoms with E-state index in [-0.39, 0.29) is 0 Å². The fourth-order valence-electron chi connectivity index (χ4n) is 5.56. The average molecular weight is 429 g/mol. The van der Waals surface area contributed by atoms with Crippen molar-refractivity contribution in [1.82, 2.24) is 10.2 Å². The minimum absolute atomic E-state index is 0.534. The summed E-state index contributed by atoms with van der Waals surface area (Å²) < 4.78 is 39.0. The molecule has 5 heteroatoms. The molecule has 3 fully saturated rings. The molecule has 2 nitrogen and oxygen atoms in total. The number of hydrogen-bond donors (Lipinski definition) is 1. The van der Waals surface area contributed by atoms with Gasteiger partial charge < -0.3 is 10.2 Å². The van der Waals surface area contributed by atoms with E-state index in [0.717, 1.165) is 24.1 Å². The van der Waals surface area contributed by atoms with Gasteiger partial charge in [0.15, 0.2) is 0 Å². The Morgan fingerprint density at radius 3 is 2.23 bits per heavy atom. The average Bonchev–Trinajstić information content (AvgIpc) is 3.31. The highest BCUT2D eigenvalue weighted by molar-refractivity contribution is 5.65. The van der Waals surface area contributed by atoms with Gasteiger partial charge in [-0.15, -0.1) is 0 Å². The van der Waals surface area contributed by atoms with Crippen LogP contribution >= 0.6 is 0 Å². The van der Waals surface area contributed by atoms with Crippen LogP contribution in [0.3, 0.4) is 0 Å². The lowest BCUT2D eigenvalue weighted by Crippen LogP contribution is -2.42. The third kappa shape index (κ3) is 4.83. The molecular formula is C26H31F3N2. The highest BCUT2D eigenvalue weighted by Gasteiger charge is 2.40. The Morgan fingerprint density at radius 1 is 0.839 bits per heavy atom. The zero-order valence-corrected chi connectivity index (χ0v) is 17.9. The molecule has 0 amide bonds. The third-order valence-electron chi connectivity index (χ3n) is 7.46. The summed E-state index contributed by atoms with van der Waals surface area (Å²) in [5.41, 5.74) is 2.14. The molecule has 0 radical (unpaired) electrons. The first kappa shape index (κ1) is 21.0. The second-order valence-electron chi connectivity index (χ2n) is 9.56. The zero-order valence-electron chi connectivity index (χ0n) is 17.9. The predicted molar refractivity (Wildman–Crippen MR) is 118 cm³/mol. The summed E-state index contributed by atoms with van der Waals surface area (Å²) in [6, 6.07) is 15.7. The smallest absolute Gasteiger partial charge is 0.311 e. The number of nitrogens with zero attached hydrogens (tertiary/aromatic N) is 1. The Hall–Kier alpha value is -1.85. The fraction of sp³-hybridized carbons (Fsp3) is 0.538. The summed E-state index contributed by atoms with van der Waals surface area (Å²) >= 11 is 0. The van der Waals surface area contributed by atoms with Crippen LogP contribution in [0.1, 0.15) is 62.0 Å². The molecule has 2 aromatic rings. The van der Waals surface area contributed by atoms with Crippen LogP contribution in [-0.4, -0.2) is 36.1 Å². The molecule has 1 aliphatic heterocycles. The fourth-order valence-corrected chi connectivity index (χ4v) is 5.56. The molecule has 0 spiro atoms. The van der Waals surface area contributed by atoms with Crippen molar-refractivity contribution in [2.24, 2.45) is 0 Å². The van der Waals surface area contributed by atoms with Gasteiger partial charge in [-0.25, -0.2) is 0 Å². The predicted octanol–water partition coefficient (Wildman–Crippen LogP) is 6.22. The van der Waals surface area contributed by atoms with Gasteiger partial charge in [0, 0.05) is 24.0 Å². The summed E-state index contributed by atoms with van der Waals surface area (Å²) in [6.07, 6.45) is 4.79. The van der Waals surface area contributed by atoms with Gasteiger partial charge in [-0.2, -0.15) is 13.2 Å². The van der Waals surface area contributed by atoms with Gasteiger partial charge in [-0.3, -0.25) is 0 Å². The summed E-state index contributed by atoms with van der Waals surface area (Å²) in [4.78, 5) is 2.70. The van der Waals surface area contributed by atoms with E-state index in [0.29, 0.717) is 23.6 Å². The maximum Gasteiger partial charge on any atom is 0.416 e. The van der Waals surface area contributed by atoms with E-state index < -0.39 is 11.7 Å². The first-order valence-corrected chi connectivity index (χ1v) is 11.7. The van der Waals surface area contributed by atoms with Crippen molar-refractivity contribution in [2.45, 2.75) is 75.2 Å². The summed E-state index contributed by atoms with van der Waals surface area (Å²) in [5, 5.41) is 3.88. The first-order chi connectivity index (χ1) is 15.0. The Bertz CT molecular complexity index is 878. The molecule has 2 saturated carbocycles. The number of halogens is 3. The van der Waals surface area contributed by atoms with Crippen molar-refractivity contribution in [3.05, 3.63) is 59.7 Å². The van der Waals surface area contributed by atoms with E-state index in [9.17, 15) is 13.2 Å². The van der Waals surface area contributed by atoms with Crippen LogP contribution in [0, 0.1) is 0 Å². The number of likely N-dealkylation sites (tertiary alicyclic amines) is 1. The minimum Gasteiger partial charge on any atom is -0.311 e. The van der Waals surface area contributed by atoms with E-state index >= 15 is 0 Å². The molecule has 1 heterocycles. The minimum atomic E-state index is -4.31. The molecule has 0 aromatic heterocycles. The van der Waals surface area contributed by atoms with Crippen LogP contribution in [0.5, 0.6) is 0 Å². The van der Waals surface area contributed by atoms with E-state index in [1.165, 1.54) is 69.3 Å². The molecule has 166 valence electrons. The normalized spacial score (nSPS) is 29.3. The molecule has 5 rings (SSSR count). The maximum absolute atomic E-state index is 13.0. The maximum atomic E-state index is 13.0. The lowest BCUT2D eigenvalue weighted by molar-refractivity contribution is -0.137. The molecule has 31 heavy (non-hydrogen) atoms. The highest BCUT2D eigenvalue weighted by atomic mass is 19.4. The van der Waals surface area contributed by atoms with Gasteiger partial charge in [0.25, 0.3) is 0 Å². The molecule has 2 aliphatic carbocycles. The molecule has 1 N–H and O–H groups in total. The Balaban J connectivity index is 1.14. The van der Waals surface area contributed by atoms with E-state index in [2.05, 4.69) is 22.3 Å². The Morgan fingerprint density at radius 2 is 1.55 bits per heavy atom. The van der Waals surface area contributed by atoms with Gasteiger partial charge in [-0.05, 0) is 86.9 Å². The van der Waals surface area contributed by atoms with Crippen molar-refractivity contribution < 1.29 is 13.2 Å². The molecule has 2 atom stereocenters. The van der Waals surface area contributed by atoms with Crippen LogP contribution in [-0.2, 0) is 6.18 Å². The third-order valence-corrected chi connectivity index (χ3v) is 7.46. The van der Waals surface area contributed by atoms with Crippen molar-refractivity contribution >= 4 is 0 Å². The van der Waals surface area contributed by atoms with Crippen LogP contribution in [0.25, 0.3) is 11.1 Å².